The molecule has 2 aliphatic rings. The Bertz CT molecular complexity index is 850. The monoisotopic (exact) mass is 366 g/mol. The smallest absolute Gasteiger partial charge is 0.234 e. The Morgan fingerprint density at radius 3 is 2.73 bits per heavy atom. The molecule has 2 amide bonds. The van der Waals surface area contributed by atoms with Gasteiger partial charge in [-0.1, -0.05) is 18.2 Å². The molecular formula is C21H22N2O2S. The van der Waals surface area contributed by atoms with E-state index in [9.17, 15) is 9.59 Å². The highest BCUT2D eigenvalue weighted by Crippen LogP contribution is 2.30. The van der Waals surface area contributed by atoms with E-state index in [0.717, 1.165) is 30.0 Å². The highest BCUT2D eigenvalue weighted by molar-refractivity contribution is 8.00. The van der Waals surface area contributed by atoms with Crippen LogP contribution in [0.3, 0.4) is 0 Å². The van der Waals surface area contributed by atoms with Crippen LogP contribution in [-0.2, 0) is 22.4 Å². The molecule has 1 N–H and O–H groups in total. The van der Waals surface area contributed by atoms with Crippen molar-refractivity contribution >= 4 is 35.0 Å². The lowest BCUT2D eigenvalue weighted by Crippen LogP contribution is -2.25. The third kappa shape index (κ3) is 3.63. The molecule has 1 saturated heterocycles. The number of carbonyl (C=O) groups is 2. The fourth-order valence-electron chi connectivity index (χ4n) is 3.69. The highest BCUT2D eigenvalue weighted by Gasteiger charge is 2.24. The van der Waals surface area contributed by atoms with E-state index in [1.54, 1.807) is 16.7 Å². The summed E-state index contributed by atoms with van der Waals surface area (Å²) in [5, 5.41) is 2.98. The van der Waals surface area contributed by atoms with Gasteiger partial charge in [0.25, 0.3) is 0 Å². The lowest BCUT2D eigenvalue weighted by atomic mass is 10.1. The number of fused-ring (bicyclic) bond motifs is 1. The molecule has 4 rings (SSSR count). The van der Waals surface area contributed by atoms with Crippen molar-refractivity contribution in [3.05, 3.63) is 53.6 Å². The number of nitrogens with one attached hydrogen (secondary N) is 1. The second-order valence-electron chi connectivity index (χ2n) is 6.79. The maximum Gasteiger partial charge on any atom is 0.234 e. The van der Waals surface area contributed by atoms with Crippen molar-refractivity contribution in [3.63, 3.8) is 0 Å². The van der Waals surface area contributed by atoms with Crippen LogP contribution in [0.1, 0.15) is 30.4 Å². The second kappa shape index (κ2) is 7.54. The van der Waals surface area contributed by atoms with Gasteiger partial charge in [0.2, 0.25) is 11.8 Å². The third-order valence-electron chi connectivity index (χ3n) is 4.98. The van der Waals surface area contributed by atoms with Crippen LogP contribution in [0, 0.1) is 0 Å². The van der Waals surface area contributed by atoms with Crippen molar-refractivity contribution < 1.29 is 9.59 Å². The Hall–Kier alpha value is -2.27. The van der Waals surface area contributed by atoms with Crippen molar-refractivity contribution in [2.45, 2.75) is 37.0 Å². The first-order valence-electron chi connectivity index (χ1n) is 9.14. The van der Waals surface area contributed by atoms with Gasteiger partial charge < -0.3 is 10.2 Å². The van der Waals surface area contributed by atoms with Gasteiger partial charge in [-0.25, -0.2) is 0 Å². The lowest BCUT2D eigenvalue weighted by Gasteiger charge is -2.20. The molecule has 134 valence electrons. The Morgan fingerprint density at radius 2 is 1.88 bits per heavy atom. The van der Waals surface area contributed by atoms with Crippen LogP contribution in [0.4, 0.5) is 11.4 Å². The molecule has 0 atom stereocenters. The number of amides is 2. The predicted molar refractivity (Wildman–Crippen MR) is 106 cm³/mol. The third-order valence-corrected chi connectivity index (χ3v) is 5.98. The van der Waals surface area contributed by atoms with Gasteiger partial charge in [-0.05, 0) is 61.1 Å². The number of hydrogen-bond acceptors (Lipinski definition) is 3. The molecule has 0 radical (unpaired) electrons. The van der Waals surface area contributed by atoms with E-state index in [4.69, 9.17) is 0 Å². The van der Waals surface area contributed by atoms with Crippen LogP contribution in [0.25, 0.3) is 0 Å². The van der Waals surface area contributed by atoms with E-state index in [1.807, 2.05) is 24.3 Å². The van der Waals surface area contributed by atoms with E-state index < -0.39 is 0 Å². The minimum atomic E-state index is -0.0467. The zero-order chi connectivity index (χ0) is 17.9. The normalized spacial score (nSPS) is 16.0. The summed E-state index contributed by atoms with van der Waals surface area (Å²) >= 11 is 1.56. The molecule has 2 aromatic carbocycles. The molecule has 0 spiro atoms. The first-order chi connectivity index (χ1) is 12.7. The molecule has 0 bridgehead atoms. The second-order valence-corrected chi connectivity index (χ2v) is 7.84. The van der Waals surface area contributed by atoms with Gasteiger partial charge in [0.05, 0.1) is 17.1 Å². The zero-order valence-electron chi connectivity index (χ0n) is 14.7. The SMILES string of the molecule is O=C(CSc1ccc2c(c1)CCC2)Nc1ccccc1N1CCCC1=O. The zero-order valence-corrected chi connectivity index (χ0v) is 15.5. The number of para-hydroxylation sites is 2. The van der Waals surface area contributed by atoms with Gasteiger partial charge in [-0.3, -0.25) is 9.59 Å². The van der Waals surface area contributed by atoms with E-state index in [-0.39, 0.29) is 11.8 Å². The molecule has 2 aromatic rings. The van der Waals surface area contributed by atoms with Gasteiger partial charge in [-0.2, -0.15) is 0 Å². The van der Waals surface area contributed by atoms with Gasteiger partial charge in [-0.15, -0.1) is 11.8 Å². The van der Waals surface area contributed by atoms with Crippen LogP contribution in [0.15, 0.2) is 47.4 Å². The highest BCUT2D eigenvalue weighted by atomic mass is 32.2. The summed E-state index contributed by atoms with van der Waals surface area (Å²) in [5.41, 5.74) is 4.38. The largest absolute Gasteiger partial charge is 0.324 e. The minimum absolute atomic E-state index is 0.0467. The van der Waals surface area contributed by atoms with E-state index in [0.29, 0.717) is 17.9 Å². The fraction of sp³-hybridized carbons (Fsp3) is 0.333. The number of nitrogens with zero attached hydrogens (tertiary/aromatic N) is 1. The quantitative estimate of drug-likeness (QED) is 0.813. The summed E-state index contributed by atoms with van der Waals surface area (Å²) in [5.74, 6) is 0.440. The van der Waals surface area contributed by atoms with Crippen molar-refractivity contribution in [1.82, 2.24) is 0 Å². The molecule has 5 heteroatoms. The molecule has 1 fully saturated rings. The molecule has 1 heterocycles. The summed E-state index contributed by atoms with van der Waals surface area (Å²) in [6.07, 6.45) is 5.00. The Balaban J connectivity index is 1.40. The van der Waals surface area contributed by atoms with E-state index >= 15 is 0 Å². The average molecular weight is 366 g/mol. The predicted octanol–water partition coefficient (Wildman–Crippen LogP) is 4.03. The summed E-state index contributed by atoms with van der Waals surface area (Å²) in [4.78, 5) is 27.4. The van der Waals surface area contributed by atoms with E-state index in [1.165, 1.54) is 24.0 Å². The van der Waals surface area contributed by atoms with Crippen LogP contribution in [0.2, 0.25) is 0 Å². The molecule has 1 aliphatic heterocycles. The summed E-state index contributed by atoms with van der Waals surface area (Å²) in [6, 6.07) is 14.1. The summed E-state index contributed by atoms with van der Waals surface area (Å²) < 4.78 is 0. The summed E-state index contributed by atoms with van der Waals surface area (Å²) in [6.45, 7) is 0.718. The number of benzene rings is 2. The number of rotatable bonds is 5. The minimum Gasteiger partial charge on any atom is -0.324 e. The van der Waals surface area contributed by atoms with Gasteiger partial charge in [0, 0.05) is 17.9 Å². The van der Waals surface area contributed by atoms with Crippen molar-refractivity contribution in [2.24, 2.45) is 0 Å². The first-order valence-corrected chi connectivity index (χ1v) is 10.1. The van der Waals surface area contributed by atoms with Crippen molar-refractivity contribution in [2.75, 3.05) is 22.5 Å². The van der Waals surface area contributed by atoms with Crippen molar-refractivity contribution in [1.29, 1.82) is 0 Å². The Labute approximate surface area is 158 Å². The van der Waals surface area contributed by atoms with Crippen LogP contribution in [0.5, 0.6) is 0 Å². The van der Waals surface area contributed by atoms with Gasteiger partial charge >= 0.3 is 0 Å². The van der Waals surface area contributed by atoms with Crippen LogP contribution >= 0.6 is 11.8 Å². The van der Waals surface area contributed by atoms with Gasteiger partial charge in [0.1, 0.15) is 0 Å². The lowest BCUT2D eigenvalue weighted by molar-refractivity contribution is -0.117. The molecular weight excluding hydrogens is 344 g/mol. The van der Waals surface area contributed by atoms with Crippen LogP contribution in [-0.4, -0.2) is 24.1 Å². The number of aryl methyl sites for hydroxylation is 2. The molecule has 0 saturated carbocycles. The summed E-state index contributed by atoms with van der Waals surface area (Å²) in [7, 11) is 0. The Morgan fingerprint density at radius 1 is 1.04 bits per heavy atom. The standard InChI is InChI=1S/C21H22N2O2S/c24-20(14-26-17-11-10-15-5-3-6-16(15)13-17)22-18-7-1-2-8-19(18)23-12-4-9-21(23)25/h1-2,7-8,10-11,13H,3-6,9,12,14H2,(H,22,24). The number of anilines is 2. The molecule has 4 nitrogen and oxygen atoms in total. The molecule has 1 aliphatic carbocycles. The maximum absolute atomic E-state index is 12.4. The van der Waals surface area contributed by atoms with Gasteiger partial charge in [0.15, 0.2) is 0 Å². The molecule has 0 unspecified atom stereocenters. The average Bonchev–Trinajstić information content (AvgIpc) is 3.28. The number of carbonyl (C=O) groups excluding carboxylic acids is 2. The molecule has 26 heavy (non-hydrogen) atoms. The maximum atomic E-state index is 12.4. The van der Waals surface area contributed by atoms with Crippen molar-refractivity contribution in [3.8, 4) is 0 Å². The fourth-order valence-corrected chi connectivity index (χ4v) is 4.45. The number of hydrogen-bond donors (Lipinski definition) is 1. The topological polar surface area (TPSA) is 49.4 Å². The van der Waals surface area contributed by atoms with E-state index in [2.05, 4.69) is 23.5 Å². The Kier molecular flexibility index (Phi) is 4.98. The first kappa shape index (κ1) is 17.2. The molecule has 0 aromatic heterocycles. The van der Waals surface area contributed by atoms with Crippen LogP contribution < -0.4 is 10.2 Å². The number of thioether (sulfide) groups is 1.